The average Bonchev–Trinajstić information content (AvgIpc) is 3.31. The first kappa shape index (κ1) is 22.1. The summed E-state index contributed by atoms with van der Waals surface area (Å²) in [7, 11) is 3.13. The van der Waals surface area contributed by atoms with E-state index in [9.17, 15) is 4.79 Å². The van der Waals surface area contributed by atoms with E-state index in [0.717, 1.165) is 31.2 Å². The topological polar surface area (TPSA) is 77.7 Å². The molecule has 2 aromatic carbocycles. The molecule has 0 atom stereocenters. The fraction of sp³-hybridized carbons (Fsp3) is 0.375. The van der Waals surface area contributed by atoms with Crippen LogP contribution in [-0.2, 0) is 6.54 Å². The standard InChI is InChI=1S/C24H26ClN3O4/c1-30-20-13-10-17(14-21(20)31-2)24(29)28(19-6-4-3-5-7-19)15-22-26-23(27-32-22)16-8-11-18(25)12-9-16/h8-14,19H,3-7,15H2,1-2H3. The van der Waals surface area contributed by atoms with E-state index in [-0.39, 0.29) is 18.5 Å². The van der Waals surface area contributed by atoms with Crippen molar-refractivity contribution >= 4 is 17.5 Å². The van der Waals surface area contributed by atoms with E-state index < -0.39 is 0 Å². The van der Waals surface area contributed by atoms with Gasteiger partial charge in [-0.15, -0.1) is 0 Å². The van der Waals surface area contributed by atoms with Crippen LogP contribution in [0.25, 0.3) is 11.4 Å². The lowest BCUT2D eigenvalue weighted by atomic mass is 9.93. The molecule has 1 fully saturated rings. The lowest BCUT2D eigenvalue weighted by Gasteiger charge is -2.33. The molecule has 0 bridgehead atoms. The highest BCUT2D eigenvalue weighted by molar-refractivity contribution is 6.30. The van der Waals surface area contributed by atoms with E-state index in [1.165, 1.54) is 6.42 Å². The van der Waals surface area contributed by atoms with Gasteiger partial charge in [0.05, 0.1) is 14.2 Å². The van der Waals surface area contributed by atoms with Gasteiger partial charge < -0.3 is 18.9 Å². The molecule has 4 rings (SSSR count). The lowest BCUT2D eigenvalue weighted by Crippen LogP contribution is -2.41. The highest BCUT2D eigenvalue weighted by Gasteiger charge is 2.29. The minimum Gasteiger partial charge on any atom is -0.493 e. The summed E-state index contributed by atoms with van der Waals surface area (Å²) in [6.45, 7) is 0.248. The molecular formula is C24H26ClN3O4. The van der Waals surface area contributed by atoms with Crippen LogP contribution in [0, 0.1) is 0 Å². The third kappa shape index (κ3) is 4.88. The maximum atomic E-state index is 13.6. The van der Waals surface area contributed by atoms with Crippen LogP contribution in [0.4, 0.5) is 0 Å². The van der Waals surface area contributed by atoms with Crippen molar-refractivity contribution in [2.24, 2.45) is 0 Å². The predicted octanol–water partition coefficient (Wildman–Crippen LogP) is 5.38. The zero-order chi connectivity index (χ0) is 22.5. The number of hydrogen-bond acceptors (Lipinski definition) is 6. The molecule has 32 heavy (non-hydrogen) atoms. The molecule has 3 aromatic rings. The van der Waals surface area contributed by atoms with Gasteiger partial charge in [-0.3, -0.25) is 4.79 Å². The van der Waals surface area contributed by atoms with Crippen molar-refractivity contribution in [1.82, 2.24) is 15.0 Å². The van der Waals surface area contributed by atoms with E-state index in [1.807, 2.05) is 17.0 Å². The van der Waals surface area contributed by atoms with Crippen LogP contribution < -0.4 is 9.47 Å². The number of methoxy groups -OCH3 is 2. The number of halogens is 1. The van der Waals surface area contributed by atoms with Crippen LogP contribution in [0.15, 0.2) is 47.0 Å². The van der Waals surface area contributed by atoms with E-state index in [4.69, 9.17) is 25.6 Å². The molecule has 1 amide bonds. The smallest absolute Gasteiger partial charge is 0.254 e. The molecule has 8 heteroatoms. The van der Waals surface area contributed by atoms with Gasteiger partial charge in [-0.2, -0.15) is 4.98 Å². The molecule has 1 aliphatic rings. The molecule has 0 aliphatic heterocycles. The molecule has 1 heterocycles. The summed E-state index contributed by atoms with van der Waals surface area (Å²) in [6, 6.07) is 12.6. The number of hydrogen-bond donors (Lipinski definition) is 0. The minimum atomic E-state index is -0.0934. The van der Waals surface area contributed by atoms with Crippen LogP contribution in [0.3, 0.4) is 0 Å². The molecule has 0 N–H and O–H groups in total. The van der Waals surface area contributed by atoms with Crippen LogP contribution in [0.1, 0.15) is 48.4 Å². The van der Waals surface area contributed by atoms with Crippen molar-refractivity contribution in [3.05, 3.63) is 58.9 Å². The number of benzene rings is 2. The zero-order valence-corrected chi connectivity index (χ0v) is 19.0. The Labute approximate surface area is 192 Å². The second kappa shape index (κ2) is 10.0. The quantitative estimate of drug-likeness (QED) is 0.475. The summed E-state index contributed by atoms with van der Waals surface area (Å²) in [5.74, 6) is 1.87. The molecule has 1 saturated carbocycles. The highest BCUT2D eigenvalue weighted by Crippen LogP contribution is 2.30. The molecule has 0 radical (unpaired) electrons. The summed E-state index contributed by atoms with van der Waals surface area (Å²) in [4.78, 5) is 19.9. The van der Waals surface area contributed by atoms with Gasteiger partial charge in [-0.25, -0.2) is 0 Å². The first-order valence-corrected chi connectivity index (χ1v) is 11.1. The third-order valence-electron chi connectivity index (χ3n) is 5.78. The summed E-state index contributed by atoms with van der Waals surface area (Å²) in [5.41, 5.74) is 1.34. The maximum absolute atomic E-state index is 13.6. The molecule has 1 aromatic heterocycles. The largest absolute Gasteiger partial charge is 0.493 e. The molecule has 7 nitrogen and oxygen atoms in total. The van der Waals surface area contributed by atoms with Gasteiger partial charge in [-0.1, -0.05) is 36.0 Å². The second-order valence-corrected chi connectivity index (χ2v) is 8.25. The maximum Gasteiger partial charge on any atom is 0.254 e. The fourth-order valence-electron chi connectivity index (χ4n) is 4.08. The number of carbonyl (C=O) groups is 1. The number of amides is 1. The minimum absolute atomic E-state index is 0.0934. The molecule has 0 saturated heterocycles. The van der Waals surface area contributed by atoms with Crippen LogP contribution >= 0.6 is 11.6 Å². The number of ether oxygens (including phenoxy) is 2. The van der Waals surface area contributed by atoms with Crippen LogP contribution in [-0.4, -0.2) is 41.2 Å². The van der Waals surface area contributed by atoms with Crippen molar-refractivity contribution in [3.8, 4) is 22.9 Å². The van der Waals surface area contributed by atoms with Crippen molar-refractivity contribution in [3.63, 3.8) is 0 Å². The highest BCUT2D eigenvalue weighted by atomic mass is 35.5. The van der Waals surface area contributed by atoms with Crippen LogP contribution in [0.2, 0.25) is 5.02 Å². The van der Waals surface area contributed by atoms with Crippen molar-refractivity contribution < 1.29 is 18.8 Å². The Balaban J connectivity index is 1.60. The summed E-state index contributed by atoms with van der Waals surface area (Å²) >= 11 is 5.97. The predicted molar refractivity (Wildman–Crippen MR) is 121 cm³/mol. The van der Waals surface area contributed by atoms with Gasteiger partial charge in [0.15, 0.2) is 11.5 Å². The van der Waals surface area contributed by atoms with Gasteiger partial charge in [0.25, 0.3) is 5.91 Å². The Hall–Kier alpha value is -3.06. The molecule has 0 unspecified atom stereocenters. The van der Waals surface area contributed by atoms with Gasteiger partial charge >= 0.3 is 0 Å². The summed E-state index contributed by atoms with van der Waals surface area (Å²) < 4.78 is 16.2. The third-order valence-corrected chi connectivity index (χ3v) is 6.03. The normalized spacial score (nSPS) is 14.2. The van der Waals surface area contributed by atoms with Gasteiger partial charge in [0.1, 0.15) is 6.54 Å². The Morgan fingerprint density at radius 3 is 2.47 bits per heavy atom. The van der Waals surface area contributed by atoms with Crippen molar-refractivity contribution in [1.29, 1.82) is 0 Å². The van der Waals surface area contributed by atoms with E-state index in [1.54, 1.807) is 44.6 Å². The molecule has 1 aliphatic carbocycles. The molecular weight excluding hydrogens is 430 g/mol. The van der Waals surface area contributed by atoms with Gasteiger partial charge in [-0.05, 0) is 55.3 Å². The Kier molecular flexibility index (Phi) is 6.95. The average molecular weight is 456 g/mol. The van der Waals surface area contributed by atoms with E-state index in [2.05, 4.69) is 10.1 Å². The number of nitrogens with zero attached hydrogens (tertiary/aromatic N) is 3. The Morgan fingerprint density at radius 2 is 1.78 bits per heavy atom. The first-order valence-electron chi connectivity index (χ1n) is 10.7. The number of rotatable bonds is 7. The molecule has 0 spiro atoms. The number of carbonyl (C=O) groups excluding carboxylic acids is 1. The van der Waals surface area contributed by atoms with E-state index in [0.29, 0.717) is 33.8 Å². The lowest BCUT2D eigenvalue weighted by molar-refractivity contribution is 0.0585. The SMILES string of the molecule is COc1ccc(C(=O)N(Cc2nc(-c3ccc(Cl)cc3)no2)C2CCCCC2)cc1OC. The van der Waals surface area contributed by atoms with Crippen LogP contribution in [0.5, 0.6) is 11.5 Å². The monoisotopic (exact) mass is 455 g/mol. The Morgan fingerprint density at radius 1 is 1.06 bits per heavy atom. The van der Waals surface area contributed by atoms with Gasteiger partial charge in [0, 0.05) is 22.2 Å². The first-order chi connectivity index (χ1) is 15.6. The second-order valence-electron chi connectivity index (χ2n) is 7.81. The zero-order valence-electron chi connectivity index (χ0n) is 18.2. The van der Waals surface area contributed by atoms with Crippen molar-refractivity contribution in [2.75, 3.05) is 14.2 Å². The fourth-order valence-corrected chi connectivity index (χ4v) is 4.20. The number of aromatic nitrogens is 2. The molecule has 168 valence electrons. The van der Waals surface area contributed by atoms with E-state index >= 15 is 0 Å². The van der Waals surface area contributed by atoms with Crippen molar-refractivity contribution in [2.45, 2.75) is 44.7 Å². The summed E-state index contributed by atoms with van der Waals surface area (Å²) in [5, 5.41) is 4.73. The van der Waals surface area contributed by atoms with Gasteiger partial charge in [0.2, 0.25) is 11.7 Å². The summed E-state index contributed by atoms with van der Waals surface area (Å²) in [6.07, 6.45) is 5.30. The Bertz CT molecular complexity index is 1060.